The third-order valence-corrected chi connectivity index (χ3v) is 4.42. The molecule has 0 spiro atoms. The van der Waals surface area contributed by atoms with E-state index in [2.05, 4.69) is 0 Å². The first kappa shape index (κ1) is 18.9. The van der Waals surface area contributed by atoms with Crippen molar-refractivity contribution in [3.63, 3.8) is 0 Å². The summed E-state index contributed by atoms with van der Waals surface area (Å²) in [6.07, 6.45) is 5.70. The molecule has 0 bridgehead atoms. The second-order valence-electron chi connectivity index (χ2n) is 6.32. The van der Waals surface area contributed by atoms with Crippen molar-refractivity contribution in [2.45, 2.75) is 25.4 Å². The summed E-state index contributed by atoms with van der Waals surface area (Å²) < 4.78 is 18.3. The highest BCUT2D eigenvalue weighted by molar-refractivity contribution is 5.87. The molecule has 5 heteroatoms. The highest BCUT2D eigenvalue weighted by Crippen LogP contribution is 2.24. The predicted molar refractivity (Wildman–Crippen MR) is 102 cm³/mol. The third-order valence-electron chi connectivity index (χ3n) is 4.42. The first-order valence-electron chi connectivity index (χ1n) is 8.93. The SMILES string of the molecule is O=C(CCC[C@H](O)c1ccc(F)cc1)N1COC=CC=C1c1ccccc1. The summed E-state index contributed by atoms with van der Waals surface area (Å²) in [6, 6.07) is 15.4. The molecule has 1 heterocycles. The zero-order chi connectivity index (χ0) is 19.1. The van der Waals surface area contributed by atoms with Gasteiger partial charge in [0.15, 0.2) is 6.73 Å². The van der Waals surface area contributed by atoms with Gasteiger partial charge in [0.1, 0.15) is 5.82 Å². The van der Waals surface area contributed by atoms with Gasteiger partial charge in [0.25, 0.3) is 0 Å². The molecule has 1 atom stereocenters. The third kappa shape index (κ3) is 5.05. The zero-order valence-corrected chi connectivity index (χ0v) is 14.9. The quantitative estimate of drug-likeness (QED) is 0.823. The number of allylic oxidation sites excluding steroid dienone is 2. The van der Waals surface area contributed by atoms with Gasteiger partial charge in [-0.3, -0.25) is 9.69 Å². The van der Waals surface area contributed by atoms with Crippen LogP contribution in [-0.2, 0) is 9.53 Å². The van der Waals surface area contributed by atoms with Gasteiger partial charge in [0, 0.05) is 6.42 Å². The number of hydrogen-bond donors (Lipinski definition) is 1. The van der Waals surface area contributed by atoms with Gasteiger partial charge in [-0.05, 0) is 48.3 Å². The maximum Gasteiger partial charge on any atom is 0.229 e. The van der Waals surface area contributed by atoms with Gasteiger partial charge in [-0.25, -0.2) is 4.39 Å². The maximum absolute atomic E-state index is 13.0. The van der Waals surface area contributed by atoms with E-state index in [0.29, 0.717) is 18.4 Å². The van der Waals surface area contributed by atoms with Crippen molar-refractivity contribution in [3.8, 4) is 0 Å². The fourth-order valence-electron chi connectivity index (χ4n) is 2.96. The standard InChI is InChI=1S/C22H22FNO3/c23-19-13-11-18(12-14-19)21(25)9-4-10-22(26)24-16-27-15-5-8-20(24)17-6-2-1-3-7-17/h1-3,5-8,11-15,21,25H,4,9-10,16H2/t21-/m0/s1. The summed E-state index contributed by atoms with van der Waals surface area (Å²) >= 11 is 0. The number of carbonyl (C=O) groups is 1. The van der Waals surface area contributed by atoms with Gasteiger partial charge in [-0.15, -0.1) is 0 Å². The summed E-state index contributed by atoms with van der Waals surface area (Å²) in [6.45, 7) is 0.149. The van der Waals surface area contributed by atoms with Gasteiger partial charge in [-0.1, -0.05) is 42.5 Å². The average molecular weight is 367 g/mol. The molecule has 0 radical (unpaired) electrons. The van der Waals surface area contributed by atoms with Crippen molar-refractivity contribution >= 4 is 11.6 Å². The Morgan fingerprint density at radius 1 is 1.15 bits per heavy atom. The molecule has 1 amide bonds. The molecule has 0 aromatic heterocycles. The minimum absolute atomic E-state index is 0.0693. The maximum atomic E-state index is 13.0. The van der Waals surface area contributed by atoms with Crippen molar-refractivity contribution in [1.82, 2.24) is 4.90 Å². The van der Waals surface area contributed by atoms with E-state index < -0.39 is 6.10 Å². The van der Waals surface area contributed by atoms with Crippen molar-refractivity contribution < 1.29 is 19.0 Å². The fourth-order valence-corrected chi connectivity index (χ4v) is 2.96. The number of hydrogen-bond acceptors (Lipinski definition) is 3. The number of ether oxygens (including phenoxy) is 1. The number of aliphatic hydroxyl groups is 1. The number of amides is 1. The summed E-state index contributed by atoms with van der Waals surface area (Å²) in [5, 5.41) is 10.2. The number of aliphatic hydroxyl groups excluding tert-OH is 1. The van der Waals surface area contributed by atoms with Crippen molar-refractivity contribution in [2.75, 3.05) is 6.73 Å². The van der Waals surface area contributed by atoms with Crippen LogP contribution in [0.1, 0.15) is 36.5 Å². The minimum Gasteiger partial charge on any atom is -0.480 e. The monoisotopic (exact) mass is 367 g/mol. The average Bonchev–Trinajstić information content (AvgIpc) is 2.95. The molecule has 1 aliphatic heterocycles. The van der Waals surface area contributed by atoms with Crippen LogP contribution in [0.15, 0.2) is 73.0 Å². The number of halogens is 1. The van der Waals surface area contributed by atoms with E-state index in [-0.39, 0.29) is 24.9 Å². The summed E-state index contributed by atoms with van der Waals surface area (Å²) in [5.41, 5.74) is 2.37. The second kappa shape index (κ2) is 9.14. The summed E-state index contributed by atoms with van der Waals surface area (Å²) in [5.74, 6) is -0.406. The smallest absolute Gasteiger partial charge is 0.229 e. The molecule has 2 aromatic rings. The molecule has 140 valence electrons. The van der Waals surface area contributed by atoms with Crippen molar-refractivity contribution in [2.24, 2.45) is 0 Å². The van der Waals surface area contributed by atoms with Crippen LogP contribution in [0.3, 0.4) is 0 Å². The Morgan fingerprint density at radius 2 is 1.89 bits per heavy atom. The summed E-state index contributed by atoms with van der Waals surface area (Å²) in [7, 11) is 0. The zero-order valence-electron chi connectivity index (χ0n) is 14.9. The van der Waals surface area contributed by atoms with Crippen LogP contribution in [0.5, 0.6) is 0 Å². The van der Waals surface area contributed by atoms with E-state index >= 15 is 0 Å². The molecular weight excluding hydrogens is 345 g/mol. The lowest BCUT2D eigenvalue weighted by atomic mass is 10.0. The van der Waals surface area contributed by atoms with Gasteiger partial charge in [-0.2, -0.15) is 0 Å². The number of carbonyl (C=O) groups excluding carboxylic acids is 1. The molecule has 3 rings (SSSR count). The van der Waals surface area contributed by atoms with Crippen LogP contribution in [0, 0.1) is 5.82 Å². The van der Waals surface area contributed by atoms with Gasteiger partial charge >= 0.3 is 0 Å². The van der Waals surface area contributed by atoms with Crippen molar-refractivity contribution in [3.05, 3.63) is 90.0 Å². The molecule has 1 aliphatic rings. The highest BCUT2D eigenvalue weighted by atomic mass is 19.1. The molecule has 0 unspecified atom stereocenters. The molecule has 0 saturated carbocycles. The Balaban J connectivity index is 1.60. The first-order chi connectivity index (χ1) is 13.1. The van der Waals surface area contributed by atoms with Crippen LogP contribution < -0.4 is 0 Å². The largest absolute Gasteiger partial charge is 0.480 e. The molecular formula is C22H22FNO3. The van der Waals surface area contributed by atoms with Crippen LogP contribution in [0.4, 0.5) is 4.39 Å². The molecule has 1 N–H and O–H groups in total. The normalized spacial score (nSPS) is 14.9. The molecule has 2 aromatic carbocycles. The predicted octanol–water partition coefficient (Wildman–Crippen LogP) is 4.40. The van der Waals surface area contributed by atoms with E-state index in [4.69, 9.17) is 4.74 Å². The Kier molecular flexibility index (Phi) is 6.39. The Labute approximate surface area is 158 Å². The number of benzene rings is 2. The molecule has 27 heavy (non-hydrogen) atoms. The van der Waals surface area contributed by atoms with E-state index in [1.54, 1.807) is 29.4 Å². The Bertz CT molecular complexity index is 815. The van der Waals surface area contributed by atoms with Crippen LogP contribution >= 0.6 is 0 Å². The van der Waals surface area contributed by atoms with E-state index in [9.17, 15) is 14.3 Å². The van der Waals surface area contributed by atoms with Gasteiger partial charge in [0.05, 0.1) is 18.1 Å². The minimum atomic E-state index is -0.718. The van der Waals surface area contributed by atoms with E-state index in [1.807, 2.05) is 36.4 Å². The Morgan fingerprint density at radius 3 is 2.63 bits per heavy atom. The highest BCUT2D eigenvalue weighted by Gasteiger charge is 2.20. The molecule has 0 saturated heterocycles. The second-order valence-corrected chi connectivity index (χ2v) is 6.32. The molecule has 4 nitrogen and oxygen atoms in total. The van der Waals surface area contributed by atoms with E-state index in [0.717, 1.165) is 11.3 Å². The molecule has 0 fully saturated rings. The lowest BCUT2D eigenvalue weighted by Crippen LogP contribution is -2.30. The fraction of sp³-hybridized carbons (Fsp3) is 0.227. The lowest BCUT2D eigenvalue weighted by Gasteiger charge is -2.24. The summed E-state index contributed by atoms with van der Waals surface area (Å²) in [4.78, 5) is 14.4. The van der Waals surface area contributed by atoms with Crippen LogP contribution in [-0.4, -0.2) is 22.6 Å². The number of rotatable bonds is 6. The van der Waals surface area contributed by atoms with Crippen LogP contribution in [0.2, 0.25) is 0 Å². The van der Waals surface area contributed by atoms with E-state index in [1.165, 1.54) is 12.1 Å². The van der Waals surface area contributed by atoms with Crippen molar-refractivity contribution in [1.29, 1.82) is 0 Å². The topological polar surface area (TPSA) is 49.8 Å². The number of nitrogens with zero attached hydrogens (tertiary/aromatic N) is 1. The van der Waals surface area contributed by atoms with Gasteiger partial charge in [0.2, 0.25) is 5.91 Å². The van der Waals surface area contributed by atoms with Crippen LogP contribution in [0.25, 0.3) is 5.70 Å². The van der Waals surface area contributed by atoms with Gasteiger partial charge < -0.3 is 9.84 Å². The molecule has 0 aliphatic carbocycles. The lowest BCUT2D eigenvalue weighted by molar-refractivity contribution is -0.131. The Hall–Kier alpha value is -2.92. The first-order valence-corrected chi connectivity index (χ1v) is 8.93.